The highest BCUT2D eigenvalue weighted by atomic mass is 16.6. The van der Waals surface area contributed by atoms with Gasteiger partial charge in [-0.05, 0) is 66.2 Å². The topological polar surface area (TPSA) is 67.9 Å². The molecule has 0 bridgehead atoms. The van der Waals surface area contributed by atoms with E-state index in [1.165, 1.54) is 0 Å². The van der Waals surface area contributed by atoms with Crippen LogP contribution in [0.3, 0.4) is 0 Å². The lowest BCUT2D eigenvalue weighted by atomic mass is 10.1. The molecule has 1 rings (SSSR count). The number of ether oxygens (including phenoxy) is 2. The Hall–Kier alpha value is -2.08. The molecule has 0 saturated heterocycles. The van der Waals surface area contributed by atoms with Crippen LogP contribution in [0.4, 0.5) is 4.79 Å². The molecule has 0 heterocycles. The van der Waals surface area contributed by atoms with Crippen LogP contribution in [0.25, 0.3) is 0 Å². The van der Waals surface area contributed by atoms with Crippen LogP contribution in [0.15, 0.2) is 30.3 Å². The van der Waals surface area contributed by atoms with E-state index in [-0.39, 0.29) is 6.61 Å². The summed E-state index contributed by atoms with van der Waals surface area (Å²) in [4.78, 5) is 26.6. The van der Waals surface area contributed by atoms with E-state index in [0.717, 1.165) is 24.9 Å². The van der Waals surface area contributed by atoms with E-state index >= 15 is 0 Å². The number of hydrogen-bond donors (Lipinski definition) is 1. The van der Waals surface area contributed by atoms with Crippen LogP contribution >= 0.6 is 0 Å². The maximum Gasteiger partial charge on any atom is 0.408 e. The Morgan fingerprint density at radius 1 is 1.12 bits per heavy atom. The summed E-state index contributed by atoms with van der Waals surface area (Å²) in [5, 5.41) is 2.65. The molecule has 1 N–H and O–H groups in total. The van der Waals surface area contributed by atoms with Crippen molar-refractivity contribution in [1.29, 1.82) is 0 Å². The van der Waals surface area contributed by atoms with E-state index in [9.17, 15) is 9.59 Å². The number of benzene rings is 1. The quantitative estimate of drug-likeness (QED) is 0.538. The molecule has 0 spiro atoms. The van der Waals surface area contributed by atoms with Gasteiger partial charge in [0.2, 0.25) is 0 Å². The van der Waals surface area contributed by atoms with Crippen LogP contribution < -0.4 is 5.32 Å². The zero-order valence-electron chi connectivity index (χ0n) is 16.6. The number of unbranched alkanes of at least 4 members (excludes halogenated alkanes) is 1. The molecule has 0 unspecified atom stereocenters. The maximum atomic E-state index is 12.4. The van der Waals surface area contributed by atoms with Crippen LogP contribution in [0.2, 0.25) is 0 Å². The number of nitrogens with zero attached hydrogens (tertiary/aromatic N) is 1. The molecule has 146 valence electrons. The lowest BCUT2D eigenvalue weighted by molar-refractivity contribution is -0.157. The summed E-state index contributed by atoms with van der Waals surface area (Å²) in [6.07, 6.45) is 1.65. The van der Waals surface area contributed by atoms with Gasteiger partial charge < -0.3 is 19.7 Å². The van der Waals surface area contributed by atoms with E-state index in [0.29, 0.717) is 6.42 Å². The van der Waals surface area contributed by atoms with Crippen LogP contribution in [-0.4, -0.2) is 49.2 Å². The fraction of sp³-hybridized carbons (Fsp3) is 0.600. The van der Waals surface area contributed by atoms with E-state index in [2.05, 4.69) is 10.2 Å². The van der Waals surface area contributed by atoms with E-state index in [1.54, 1.807) is 0 Å². The molecule has 0 aromatic heterocycles. The maximum absolute atomic E-state index is 12.4. The zero-order chi connectivity index (χ0) is 19.6. The number of alkyl carbamates (subject to hydrolysis) is 1. The van der Waals surface area contributed by atoms with Gasteiger partial charge in [-0.1, -0.05) is 30.3 Å². The number of hydrogen-bond acceptors (Lipinski definition) is 5. The fourth-order valence-electron chi connectivity index (χ4n) is 2.31. The number of amides is 1. The van der Waals surface area contributed by atoms with Gasteiger partial charge in [-0.15, -0.1) is 0 Å². The summed E-state index contributed by atoms with van der Waals surface area (Å²) in [6.45, 7) is 6.51. The second kappa shape index (κ2) is 10.8. The first-order valence-electron chi connectivity index (χ1n) is 9.02. The summed E-state index contributed by atoms with van der Waals surface area (Å²) in [5.41, 5.74) is 0.289. The van der Waals surface area contributed by atoms with Crippen molar-refractivity contribution in [3.63, 3.8) is 0 Å². The number of carbonyl (C=O) groups is 2. The average molecular weight is 364 g/mol. The van der Waals surface area contributed by atoms with E-state index < -0.39 is 23.7 Å². The Labute approximate surface area is 156 Å². The Bertz CT molecular complexity index is 553. The number of rotatable bonds is 9. The molecule has 1 atom stereocenters. The first-order chi connectivity index (χ1) is 12.2. The molecule has 0 radical (unpaired) electrons. The van der Waals surface area contributed by atoms with Crippen LogP contribution in [0.1, 0.15) is 45.6 Å². The van der Waals surface area contributed by atoms with Crippen molar-refractivity contribution in [1.82, 2.24) is 10.2 Å². The molecular weight excluding hydrogens is 332 g/mol. The summed E-state index contributed by atoms with van der Waals surface area (Å²) in [5.74, 6) is -0.431. The summed E-state index contributed by atoms with van der Waals surface area (Å²) in [7, 11) is 4.01. The first kappa shape index (κ1) is 22.0. The van der Waals surface area contributed by atoms with Gasteiger partial charge in [0.05, 0.1) is 0 Å². The Balaban J connectivity index is 2.55. The molecular formula is C20H32N2O4. The monoisotopic (exact) mass is 364 g/mol. The molecule has 26 heavy (non-hydrogen) atoms. The van der Waals surface area contributed by atoms with Gasteiger partial charge in [-0.3, -0.25) is 0 Å². The van der Waals surface area contributed by atoms with Gasteiger partial charge in [0.15, 0.2) is 0 Å². The second-order valence-corrected chi connectivity index (χ2v) is 7.59. The van der Waals surface area contributed by atoms with Crippen LogP contribution in [-0.2, 0) is 20.9 Å². The molecule has 0 aliphatic carbocycles. The van der Waals surface area contributed by atoms with Crippen molar-refractivity contribution in [2.45, 2.75) is 58.3 Å². The predicted molar refractivity (Wildman–Crippen MR) is 102 cm³/mol. The van der Waals surface area contributed by atoms with Crippen molar-refractivity contribution in [2.24, 2.45) is 0 Å². The molecule has 6 heteroatoms. The molecule has 0 saturated carbocycles. The standard InChI is InChI=1S/C20H32N2O4/c1-20(2,3)26-18(23)17(13-9-10-14-22(4)5)21-19(24)25-15-16-11-7-6-8-12-16/h6-8,11-12,17H,9-10,13-15H2,1-5H3,(H,21,24)/t17-/m0/s1. The number of carbonyl (C=O) groups excluding carboxylic acids is 2. The van der Waals surface area contributed by atoms with E-state index in [1.807, 2.05) is 65.2 Å². The van der Waals surface area contributed by atoms with Crippen molar-refractivity contribution >= 4 is 12.1 Å². The van der Waals surface area contributed by atoms with Gasteiger partial charge in [-0.2, -0.15) is 0 Å². The van der Waals surface area contributed by atoms with Gasteiger partial charge in [0.25, 0.3) is 0 Å². The highest BCUT2D eigenvalue weighted by molar-refractivity contribution is 5.81. The van der Waals surface area contributed by atoms with Crippen LogP contribution in [0, 0.1) is 0 Å². The molecule has 1 amide bonds. The predicted octanol–water partition coefficient (Wildman–Crippen LogP) is 3.36. The Kier molecular flexibility index (Phi) is 9.13. The largest absolute Gasteiger partial charge is 0.458 e. The fourth-order valence-corrected chi connectivity index (χ4v) is 2.31. The number of nitrogens with one attached hydrogen (secondary N) is 1. The van der Waals surface area contributed by atoms with Gasteiger partial charge >= 0.3 is 12.1 Å². The molecule has 1 aromatic carbocycles. The molecule has 6 nitrogen and oxygen atoms in total. The lowest BCUT2D eigenvalue weighted by Gasteiger charge is -2.24. The smallest absolute Gasteiger partial charge is 0.408 e. The van der Waals surface area contributed by atoms with Crippen molar-refractivity contribution in [2.75, 3.05) is 20.6 Å². The minimum absolute atomic E-state index is 0.161. The van der Waals surface area contributed by atoms with Crippen molar-refractivity contribution in [3.05, 3.63) is 35.9 Å². The molecule has 0 aliphatic rings. The Morgan fingerprint density at radius 2 is 1.77 bits per heavy atom. The van der Waals surface area contributed by atoms with Gasteiger partial charge in [-0.25, -0.2) is 9.59 Å². The lowest BCUT2D eigenvalue weighted by Crippen LogP contribution is -2.44. The highest BCUT2D eigenvalue weighted by Gasteiger charge is 2.26. The molecule has 0 fully saturated rings. The first-order valence-corrected chi connectivity index (χ1v) is 9.02. The average Bonchev–Trinajstić information content (AvgIpc) is 2.55. The summed E-state index contributed by atoms with van der Waals surface area (Å²) >= 11 is 0. The Morgan fingerprint density at radius 3 is 2.35 bits per heavy atom. The summed E-state index contributed by atoms with van der Waals surface area (Å²) < 4.78 is 10.6. The second-order valence-electron chi connectivity index (χ2n) is 7.59. The third-order valence-corrected chi connectivity index (χ3v) is 3.54. The zero-order valence-corrected chi connectivity index (χ0v) is 16.6. The minimum Gasteiger partial charge on any atom is -0.458 e. The molecule has 1 aromatic rings. The third-order valence-electron chi connectivity index (χ3n) is 3.54. The highest BCUT2D eigenvalue weighted by Crippen LogP contribution is 2.12. The SMILES string of the molecule is CN(C)CCCC[C@H](NC(=O)OCc1ccccc1)C(=O)OC(C)(C)C. The van der Waals surface area contributed by atoms with Crippen molar-refractivity contribution < 1.29 is 19.1 Å². The van der Waals surface area contributed by atoms with Crippen LogP contribution in [0.5, 0.6) is 0 Å². The van der Waals surface area contributed by atoms with E-state index in [4.69, 9.17) is 9.47 Å². The summed E-state index contributed by atoms with van der Waals surface area (Å²) in [6, 6.07) is 8.70. The number of esters is 1. The van der Waals surface area contributed by atoms with Gasteiger partial charge in [0, 0.05) is 0 Å². The normalized spacial score (nSPS) is 12.5. The molecule has 0 aliphatic heterocycles. The minimum atomic E-state index is -0.709. The third kappa shape index (κ3) is 10.0. The van der Waals surface area contributed by atoms with Crippen molar-refractivity contribution in [3.8, 4) is 0 Å². The van der Waals surface area contributed by atoms with Gasteiger partial charge in [0.1, 0.15) is 18.2 Å².